The molecule has 2 aliphatic heterocycles. The molecule has 0 saturated carbocycles. The van der Waals surface area contributed by atoms with E-state index in [4.69, 9.17) is 9.73 Å². The molecule has 2 saturated heterocycles. The van der Waals surface area contributed by atoms with Gasteiger partial charge in [0.25, 0.3) is 0 Å². The first-order valence-electron chi connectivity index (χ1n) is 9.66. The molecule has 0 radical (unpaired) electrons. The van der Waals surface area contributed by atoms with Gasteiger partial charge in [0.05, 0.1) is 6.54 Å². The first kappa shape index (κ1) is 22.9. The van der Waals surface area contributed by atoms with E-state index in [-0.39, 0.29) is 29.5 Å². The van der Waals surface area contributed by atoms with E-state index in [2.05, 4.69) is 41.5 Å². The van der Waals surface area contributed by atoms with Crippen LogP contribution in [0.2, 0.25) is 0 Å². The molecule has 0 aromatic carbocycles. The highest BCUT2D eigenvalue weighted by atomic mass is 127. The highest BCUT2D eigenvalue weighted by Crippen LogP contribution is 2.26. The fourth-order valence-electron chi connectivity index (χ4n) is 3.58. The summed E-state index contributed by atoms with van der Waals surface area (Å²) in [5, 5.41) is 6.90. The summed E-state index contributed by atoms with van der Waals surface area (Å²) in [6.45, 7) is 10.1. The molecule has 2 heterocycles. The van der Waals surface area contributed by atoms with Crippen molar-refractivity contribution in [2.45, 2.75) is 44.6 Å². The highest BCUT2D eigenvalue weighted by Gasteiger charge is 2.34. The van der Waals surface area contributed by atoms with Crippen LogP contribution in [0.4, 0.5) is 0 Å². The number of likely N-dealkylation sites (tertiary alicyclic amines) is 1. The Morgan fingerprint density at radius 2 is 1.80 bits per heavy atom. The van der Waals surface area contributed by atoms with Gasteiger partial charge in [-0.1, -0.05) is 6.42 Å². The second-order valence-corrected chi connectivity index (χ2v) is 7.26. The molecular formula is C18H38IN5O. The van der Waals surface area contributed by atoms with Gasteiger partial charge in [-0.15, -0.1) is 24.0 Å². The molecule has 0 spiro atoms. The van der Waals surface area contributed by atoms with Crippen LogP contribution in [0.3, 0.4) is 0 Å². The number of likely N-dealkylation sites (N-methyl/N-ethyl adjacent to an activating group) is 1. The maximum Gasteiger partial charge on any atom is 0.191 e. The fraction of sp³-hybridized carbons (Fsp3) is 0.944. The number of ether oxygens (including phenoxy) is 1. The zero-order chi connectivity index (χ0) is 17.3. The van der Waals surface area contributed by atoms with Gasteiger partial charge in [0, 0.05) is 38.4 Å². The molecule has 2 N–H and O–H groups in total. The Morgan fingerprint density at radius 1 is 1.12 bits per heavy atom. The molecule has 2 fully saturated rings. The third-order valence-corrected chi connectivity index (χ3v) is 5.42. The van der Waals surface area contributed by atoms with Gasteiger partial charge in [-0.2, -0.15) is 0 Å². The lowest BCUT2D eigenvalue weighted by atomic mass is 9.89. The largest absolute Gasteiger partial charge is 0.381 e. The third-order valence-electron chi connectivity index (χ3n) is 5.42. The van der Waals surface area contributed by atoms with Gasteiger partial charge >= 0.3 is 0 Å². The molecule has 6 nitrogen and oxygen atoms in total. The van der Waals surface area contributed by atoms with Crippen LogP contribution in [0, 0.1) is 0 Å². The molecule has 0 aromatic rings. The molecule has 0 amide bonds. The topological polar surface area (TPSA) is 52.1 Å². The summed E-state index contributed by atoms with van der Waals surface area (Å²) in [5.74, 6) is 0.947. The lowest BCUT2D eigenvalue weighted by Crippen LogP contribution is -2.52. The summed E-state index contributed by atoms with van der Waals surface area (Å²) >= 11 is 0. The van der Waals surface area contributed by atoms with Crippen LogP contribution >= 0.6 is 24.0 Å². The van der Waals surface area contributed by atoms with Gasteiger partial charge in [0.15, 0.2) is 5.96 Å². The van der Waals surface area contributed by atoms with E-state index < -0.39 is 0 Å². The Morgan fingerprint density at radius 3 is 2.40 bits per heavy atom. The summed E-state index contributed by atoms with van der Waals surface area (Å²) in [5.41, 5.74) is 0.132. The number of nitrogens with one attached hydrogen (secondary N) is 2. The second kappa shape index (κ2) is 12.3. The molecule has 148 valence electrons. The number of aliphatic imine (C=N–C) groups is 1. The van der Waals surface area contributed by atoms with E-state index in [1.54, 1.807) is 0 Å². The van der Waals surface area contributed by atoms with Crippen LogP contribution < -0.4 is 10.6 Å². The zero-order valence-corrected chi connectivity index (χ0v) is 18.7. The van der Waals surface area contributed by atoms with Crippen molar-refractivity contribution < 1.29 is 4.74 Å². The van der Waals surface area contributed by atoms with Crippen molar-refractivity contribution in [2.75, 3.05) is 66.6 Å². The van der Waals surface area contributed by atoms with Gasteiger partial charge < -0.3 is 25.2 Å². The van der Waals surface area contributed by atoms with Crippen LogP contribution in [0.1, 0.15) is 39.0 Å². The van der Waals surface area contributed by atoms with Crippen LogP contribution in [0.5, 0.6) is 0 Å². The first-order valence-corrected chi connectivity index (χ1v) is 9.66. The second-order valence-electron chi connectivity index (χ2n) is 7.26. The van der Waals surface area contributed by atoms with Gasteiger partial charge in [-0.05, 0) is 59.8 Å². The average molecular weight is 467 g/mol. The minimum atomic E-state index is 0. The number of halogens is 1. The smallest absolute Gasteiger partial charge is 0.191 e. The molecule has 2 aliphatic rings. The summed E-state index contributed by atoms with van der Waals surface area (Å²) in [7, 11) is 4.33. The first-order chi connectivity index (χ1) is 11.7. The molecule has 7 heteroatoms. The number of hydrogen-bond donors (Lipinski definition) is 2. The number of nitrogens with zero attached hydrogens (tertiary/aromatic N) is 3. The number of piperidine rings is 1. The van der Waals surface area contributed by atoms with Gasteiger partial charge in [-0.3, -0.25) is 4.99 Å². The minimum Gasteiger partial charge on any atom is -0.381 e. The Hall–Kier alpha value is -0.120. The van der Waals surface area contributed by atoms with E-state index in [1.165, 1.54) is 32.4 Å². The van der Waals surface area contributed by atoms with Gasteiger partial charge in [0.2, 0.25) is 0 Å². The van der Waals surface area contributed by atoms with E-state index in [1.807, 2.05) is 0 Å². The molecule has 0 aliphatic carbocycles. The van der Waals surface area contributed by atoms with Crippen molar-refractivity contribution in [2.24, 2.45) is 4.99 Å². The van der Waals surface area contributed by atoms with Crippen LogP contribution in [-0.2, 0) is 4.74 Å². The minimum absolute atomic E-state index is 0. The lowest BCUT2D eigenvalue weighted by molar-refractivity contribution is -0.00254. The summed E-state index contributed by atoms with van der Waals surface area (Å²) in [4.78, 5) is 9.78. The Bertz CT molecular complexity index is 380. The number of hydrogen-bond acceptors (Lipinski definition) is 4. The molecule has 25 heavy (non-hydrogen) atoms. The molecule has 0 unspecified atom stereocenters. The quantitative estimate of drug-likeness (QED) is 0.340. The van der Waals surface area contributed by atoms with E-state index in [0.717, 1.165) is 58.2 Å². The van der Waals surface area contributed by atoms with Crippen molar-refractivity contribution in [1.82, 2.24) is 20.4 Å². The van der Waals surface area contributed by atoms with Crippen LogP contribution in [0.15, 0.2) is 4.99 Å². The molecular weight excluding hydrogens is 429 g/mol. The Labute approximate surface area is 171 Å². The number of guanidine groups is 1. The normalized spacial score (nSPS) is 21.7. The lowest BCUT2D eigenvalue weighted by Gasteiger charge is -2.41. The Balaban J connectivity index is 0.00000312. The standard InChI is InChI=1S/C18H37N5O.HI/c1-4-19-17(20-10-13-23-11-6-5-7-12-23)21-16-18(22(2)3)8-14-24-15-9-18;/h4-16H2,1-3H3,(H2,19,20,21);1H. The maximum absolute atomic E-state index is 5.55. The van der Waals surface area contributed by atoms with Crippen molar-refractivity contribution in [3.63, 3.8) is 0 Å². The SMILES string of the molecule is CCNC(=NCC1(N(C)C)CCOCC1)NCCN1CCCCC1.I. The maximum atomic E-state index is 5.55. The van der Waals surface area contributed by atoms with E-state index >= 15 is 0 Å². The molecule has 0 bridgehead atoms. The average Bonchev–Trinajstić information content (AvgIpc) is 2.61. The highest BCUT2D eigenvalue weighted by molar-refractivity contribution is 14.0. The fourth-order valence-corrected chi connectivity index (χ4v) is 3.58. The zero-order valence-electron chi connectivity index (χ0n) is 16.4. The van der Waals surface area contributed by atoms with Gasteiger partial charge in [0.1, 0.15) is 0 Å². The predicted molar refractivity (Wildman–Crippen MR) is 116 cm³/mol. The van der Waals surface area contributed by atoms with Crippen LogP contribution in [0.25, 0.3) is 0 Å². The van der Waals surface area contributed by atoms with E-state index in [9.17, 15) is 0 Å². The predicted octanol–water partition coefficient (Wildman–Crippen LogP) is 1.76. The monoisotopic (exact) mass is 467 g/mol. The van der Waals surface area contributed by atoms with Crippen molar-refractivity contribution in [3.05, 3.63) is 0 Å². The van der Waals surface area contributed by atoms with Crippen molar-refractivity contribution in [3.8, 4) is 0 Å². The third kappa shape index (κ3) is 7.56. The van der Waals surface area contributed by atoms with Crippen molar-refractivity contribution >= 4 is 29.9 Å². The molecule has 2 rings (SSSR count). The van der Waals surface area contributed by atoms with Gasteiger partial charge in [-0.25, -0.2) is 0 Å². The summed E-state index contributed by atoms with van der Waals surface area (Å²) < 4.78 is 5.55. The number of rotatable bonds is 7. The van der Waals surface area contributed by atoms with Crippen molar-refractivity contribution in [1.29, 1.82) is 0 Å². The summed E-state index contributed by atoms with van der Waals surface area (Å²) in [6, 6.07) is 0. The Kier molecular flexibility index (Phi) is 11.3. The van der Waals surface area contributed by atoms with Crippen LogP contribution in [-0.4, -0.2) is 87.9 Å². The summed E-state index contributed by atoms with van der Waals surface area (Å²) in [6.07, 6.45) is 6.20. The molecule has 0 atom stereocenters. The molecule has 0 aromatic heterocycles. The van der Waals surface area contributed by atoms with E-state index in [0.29, 0.717) is 0 Å².